The van der Waals surface area contributed by atoms with Gasteiger partial charge in [-0.1, -0.05) is 18.6 Å². The monoisotopic (exact) mass is 223 g/mol. The van der Waals surface area contributed by atoms with Gasteiger partial charge in [0.2, 0.25) is 0 Å². The first-order chi connectivity index (χ1) is 6.98. The summed E-state index contributed by atoms with van der Waals surface area (Å²) in [6.45, 7) is 0.300. The van der Waals surface area contributed by atoms with Crippen molar-refractivity contribution in [2.45, 2.75) is 39.1 Å². The minimum Gasteiger partial charge on any atom is -0.390 e. The molecule has 1 heterocycles. The van der Waals surface area contributed by atoms with E-state index in [1.807, 2.05) is 6.92 Å². The van der Waals surface area contributed by atoms with Gasteiger partial charge in [0.1, 0.15) is 12.2 Å². The van der Waals surface area contributed by atoms with Crippen LogP contribution in [0.4, 0.5) is 13.2 Å². The van der Waals surface area contributed by atoms with E-state index in [1.54, 1.807) is 0 Å². The second kappa shape index (κ2) is 4.61. The molecule has 7 heteroatoms. The van der Waals surface area contributed by atoms with Gasteiger partial charge in [-0.3, -0.25) is 0 Å². The summed E-state index contributed by atoms with van der Waals surface area (Å²) in [6.07, 6.45) is -3.21. The van der Waals surface area contributed by atoms with E-state index in [0.29, 0.717) is 18.5 Å². The van der Waals surface area contributed by atoms with E-state index in [-0.39, 0.29) is 12.3 Å². The van der Waals surface area contributed by atoms with Crippen molar-refractivity contribution in [1.82, 2.24) is 15.0 Å². The zero-order valence-corrected chi connectivity index (χ0v) is 8.25. The number of aromatic nitrogens is 3. The molecule has 0 aromatic carbocycles. The number of halogens is 3. The summed E-state index contributed by atoms with van der Waals surface area (Å²) >= 11 is 0. The standard InChI is InChI=1S/C8H12F3N3O/c1-2-3-7-6(4-15)12-13-14(7)5-8(9,10)11/h15H,2-5H2,1H3. The summed E-state index contributed by atoms with van der Waals surface area (Å²) in [5.41, 5.74) is 0.582. The Morgan fingerprint density at radius 3 is 2.53 bits per heavy atom. The Hall–Kier alpha value is -1.11. The van der Waals surface area contributed by atoms with Crippen molar-refractivity contribution < 1.29 is 18.3 Å². The van der Waals surface area contributed by atoms with Crippen molar-refractivity contribution in [2.75, 3.05) is 0 Å². The molecule has 0 amide bonds. The van der Waals surface area contributed by atoms with Crippen molar-refractivity contribution in [2.24, 2.45) is 0 Å². The average molecular weight is 223 g/mol. The quantitative estimate of drug-likeness (QED) is 0.836. The molecule has 0 bridgehead atoms. The largest absolute Gasteiger partial charge is 0.408 e. The molecular weight excluding hydrogens is 211 g/mol. The Kier molecular flexibility index (Phi) is 3.67. The fourth-order valence-corrected chi connectivity index (χ4v) is 1.30. The normalized spacial score (nSPS) is 12.1. The highest BCUT2D eigenvalue weighted by atomic mass is 19.4. The molecule has 0 aliphatic carbocycles. The lowest BCUT2D eigenvalue weighted by Gasteiger charge is -2.09. The van der Waals surface area contributed by atoms with E-state index in [9.17, 15) is 13.2 Å². The van der Waals surface area contributed by atoms with Crippen molar-refractivity contribution in [1.29, 1.82) is 0 Å². The number of aliphatic hydroxyl groups is 1. The molecule has 0 saturated carbocycles. The maximum Gasteiger partial charge on any atom is 0.408 e. The Bertz CT molecular complexity index is 321. The molecule has 0 radical (unpaired) electrons. The molecule has 86 valence electrons. The summed E-state index contributed by atoms with van der Waals surface area (Å²) < 4.78 is 37.2. The minimum absolute atomic E-state index is 0.223. The van der Waals surface area contributed by atoms with Crippen LogP contribution in [0.1, 0.15) is 24.7 Å². The van der Waals surface area contributed by atoms with Crippen LogP contribution in [0.15, 0.2) is 0 Å². The van der Waals surface area contributed by atoms with Gasteiger partial charge in [0.05, 0.1) is 12.3 Å². The van der Waals surface area contributed by atoms with E-state index in [4.69, 9.17) is 5.11 Å². The fourth-order valence-electron chi connectivity index (χ4n) is 1.30. The smallest absolute Gasteiger partial charge is 0.390 e. The van der Waals surface area contributed by atoms with Gasteiger partial charge in [0.25, 0.3) is 0 Å². The lowest BCUT2D eigenvalue weighted by Crippen LogP contribution is -2.20. The molecule has 0 unspecified atom stereocenters. The van der Waals surface area contributed by atoms with Crippen molar-refractivity contribution in [3.63, 3.8) is 0 Å². The Balaban J connectivity index is 2.91. The summed E-state index contributed by atoms with van der Waals surface area (Å²) in [5, 5.41) is 15.7. The Labute approximate surface area is 84.7 Å². The van der Waals surface area contributed by atoms with Crippen molar-refractivity contribution in [3.05, 3.63) is 11.4 Å². The summed E-state index contributed by atoms with van der Waals surface area (Å²) in [4.78, 5) is 0. The van der Waals surface area contributed by atoms with E-state index in [2.05, 4.69) is 10.3 Å². The molecule has 0 aliphatic rings. The zero-order chi connectivity index (χ0) is 11.5. The van der Waals surface area contributed by atoms with E-state index in [1.165, 1.54) is 0 Å². The van der Waals surface area contributed by atoms with E-state index >= 15 is 0 Å². The molecule has 0 aliphatic heterocycles. The average Bonchev–Trinajstić information content (AvgIpc) is 2.47. The van der Waals surface area contributed by atoms with Crippen molar-refractivity contribution >= 4 is 0 Å². The highest BCUT2D eigenvalue weighted by Gasteiger charge is 2.30. The van der Waals surface area contributed by atoms with Crippen LogP contribution >= 0.6 is 0 Å². The summed E-state index contributed by atoms with van der Waals surface area (Å²) in [5.74, 6) is 0. The molecule has 1 rings (SSSR count). The molecule has 1 aromatic heterocycles. The third kappa shape index (κ3) is 3.19. The Morgan fingerprint density at radius 1 is 1.40 bits per heavy atom. The van der Waals surface area contributed by atoms with Gasteiger partial charge in [-0.2, -0.15) is 13.2 Å². The second-order valence-electron chi connectivity index (χ2n) is 3.16. The van der Waals surface area contributed by atoms with Gasteiger partial charge in [-0.15, -0.1) is 5.10 Å². The van der Waals surface area contributed by atoms with E-state index in [0.717, 1.165) is 4.68 Å². The summed E-state index contributed by atoms with van der Waals surface area (Å²) in [6, 6.07) is 0. The molecular formula is C8H12F3N3O. The van der Waals surface area contributed by atoms with Gasteiger partial charge in [0, 0.05) is 0 Å². The van der Waals surface area contributed by atoms with Gasteiger partial charge in [-0.05, 0) is 6.42 Å². The van der Waals surface area contributed by atoms with Crippen LogP contribution in [0.3, 0.4) is 0 Å². The van der Waals surface area contributed by atoms with Gasteiger partial charge in [0.15, 0.2) is 0 Å². The summed E-state index contributed by atoms with van der Waals surface area (Å²) in [7, 11) is 0. The number of hydrogen-bond donors (Lipinski definition) is 1. The topological polar surface area (TPSA) is 50.9 Å². The third-order valence-electron chi connectivity index (χ3n) is 1.88. The van der Waals surface area contributed by atoms with E-state index < -0.39 is 12.7 Å². The molecule has 4 nitrogen and oxygen atoms in total. The number of nitrogens with zero attached hydrogens (tertiary/aromatic N) is 3. The Morgan fingerprint density at radius 2 is 2.07 bits per heavy atom. The van der Waals surface area contributed by atoms with Crippen LogP contribution < -0.4 is 0 Å². The first-order valence-corrected chi connectivity index (χ1v) is 4.56. The molecule has 15 heavy (non-hydrogen) atoms. The molecule has 0 atom stereocenters. The van der Waals surface area contributed by atoms with Gasteiger partial charge >= 0.3 is 6.18 Å². The minimum atomic E-state index is -4.32. The first-order valence-electron chi connectivity index (χ1n) is 4.56. The lowest BCUT2D eigenvalue weighted by atomic mass is 10.2. The van der Waals surface area contributed by atoms with Crippen LogP contribution in [-0.4, -0.2) is 26.3 Å². The highest BCUT2D eigenvalue weighted by Crippen LogP contribution is 2.19. The SMILES string of the molecule is CCCc1c(CO)nnn1CC(F)(F)F. The molecule has 0 fully saturated rings. The van der Waals surface area contributed by atoms with Crippen LogP contribution in [0.2, 0.25) is 0 Å². The second-order valence-corrected chi connectivity index (χ2v) is 3.16. The maximum atomic E-state index is 12.1. The first kappa shape index (κ1) is 12.0. The highest BCUT2D eigenvalue weighted by molar-refractivity contribution is 5.09. The van der Waals surface area contributed by atoms with Crippen LogP contribution in [0, 0.1) is 0 Å². The predicted molar refractivity (Wildman–Crippen MR) is 46.0 cm³/mol. The molecule has 1 N–H and O–H groups in total. The lowest BCUT2D eigenvalue weighted by molar-refractivity contribution is -0.143. The number of aliphatic hydroxyl groups excluding tert-OH is 1. The fraction of sp³-hybridized carbons (Fsp3) is 0.750. The third-order valence-corrected chi connectivity index (χ3v) is 1.88. The van der Waals surface area contributed by atoms with Gasteiger partial charge in [-0.25, -0.2) is 4.68 Å². The molecule has 0 spiro atoms. The maximum absolute atomic E-state index is 12.1. The van der Waals surface area contributed by atoms with Crippen LogP contribution in [0.5, 0.6) is 0 Å². The predicted octanol–water partition coefficient (Wildman–Crippen LogP) is 1.29. The van der Waals surface area contributed by atoms with Crippen LogP contribution in [-0.2, 0) is 19.6 Å². The number of hydrogen-bond acceptors (Lipinski definition) is 3. The van der Waals surface area contributed by atoms with Crippen molar-refractivity contribution in [3.8, 4) is 0 Å². The zero-order valence-electron chi connectivity index (χ0n) is 8.25. The van der Waals surface area contributed by atoms with Crippen LogP contribution in [0.25, 0.3) is 0 Å². The van der Waals surface area contributed by atoms with Gasteiger partial charge < -0.3 is 5.11 Å². The molecule has 1 aromatic rings. The number of alkyl halides is 3. The molecule has 0 saturated heterocycles. The number of rotatable bonds is 4.